The molecule has 0 saturated carbocycles. The van der Waals surface area contributed by atoms with E-state index in [9.17, 15) is 4.79 Å². The molecule has 1 aromatic carbocycles. The highest BCUT2D eigenvalue weighted by Gasteiger charge is 2.21. The van der Waals surface area contributed by atoms with Crippen LogP contribution in [-0.4, -0.2) is 36.6 Å². The molecule has 23 heavy (non-hydrogen) atoms. The van der Waals surface area contributed by atoms with Crippen LogP contribution in [0.15, 0.2) is 30.3 Å². The monoisotopic (exact) mass is 340 g/mol. The Kier molecular flexibility index (Phi) is 9.22. The zero-order chi connectivity index (χ0) is 15.8. The van der Waals surface area contributed by atoms with Crippen molar-refractivity contribution in [3.63, 3.8) is 0 Å². The number of amides is 1. The first-order chi connectivity index (χ1) is 10.6. The normalized spacial score (nSPS) is 16.4. The van der Waals surface area contributed by atoms with Crippen LogP contribution in [0.25, 0.3) is 0 Å². The van der Waals surface area contributed by atoms with Crippen LogP contribution in [-0.2, 0) is 16.1 Å². The van der Waals surface area contributed by atoms with Gasteiger partial charge in [0.15, 0.2) is 0 Å². The lowest BCUT2D eigenvalue weighted by atomic mass is 9.99. The van der Waals surface area contributed by atoms with Gasteiger partial charge in [0.1, 0.15) is 0 Å². The summed E-state index contributed by atoms with van der Waals surface area (Å²) in [5.41, 5.74) is 6.97. The van der Waals surface area contributed by atoms with E-state index in [0.717, 1.165) is 39.0 Å². The summed E-state index contributed by atoms with van der Waals surface area (Å²) in [7, 11) is 0. The van der Waals surface area contributed by atoms with E-state index in [1.54, 1.807) is 0 Å². The molecule has 130 valence electrons. The fourth-order valence-electron chi connectivity index (χ4n) is 2.81. The molecule has 2 N–H and O–H groups in total. The highest BCUT2D eigenvalue weighted by Crippen LogP contribution is 2.18. The number of nitrogens with zero attached hydrogens (tertiary/aromatic N) is 1. The standard InChI is InChI=1S/C18H28N2O2.ClH/c1-15(19)7-8-18(21)20(13-16-5-3-2-4-6-16)14-17-9-11-22-12-10-17;/h2-6,15,17H,7-14,19H2,1H3;1H. The zero-order valence-corrected chi connectivity index (χ0v) is 14.8. The number of halogens is 1. The molecule has 1 heterocycles. The van der Waals surface area contributed by atoms with Gasteiger partial charge >= 0.3 is 0 Å². The summed E-state index contributed by atoms with van der Waals surface area (Å²) >= 11 is 0. The first-order valence-electron chi connectivity index (χ1n) is 8.30. The number of benzene rings is 1. The summed E-state index contributed by atoms with van der Waals surface area (Å²) in [5.74, 6) is 0.768. The number of hydrogen-bond donors (Lipinski definition) is 1. The maximum atomic E-state index is 12.6. The lowest BCUT2D eigenvalue weighted by molar-refractivity contribution is -0.133. The molecule has 0 bridgehead atoms. The third-order valence-electron chi connectivity index (χ3n) is 4.20. The van der Waals surface area contributed by atoms with Gasteiger partial charge in [0.25, 0.3) is 0 Å². The second kappa shape index (κ2) is 10.6. The van der Waals surface area contributed by atoms with E-state index in [1.807, 2.05) is 30.0 Å². The minimum atomic E-state index is 0. The van der Waals surface area contributed by atoms with E-state index in [4.69, 9.17) is 10.5 Å². The Balaban J connectivity index is 0.00000264. The van der Waals surface area contributed by atoms with Gasteiger partial charge in [-0.15, -0.1) is 12.4 Å². The molecule has 0 spiro atoms. The van der Waals surface area contributed by atoms with Gasteiger partial charge in [0.05, 0.1) is 0 Å². The van der Waals surface area contributed by atoms with Crippen molar-refractivity contribution in [3.8, 4) is 0 Å². The Morgan fingerprint density at radius 2 is 1.96 bits per heavy atom. The van der Waals surface area contributed by atoms with Gasteiger partial charge in [0.2, 0.25) is 5.91 Å². The van der Waals surface area contributed by atoms with Crippen LogP contribution in [0.3, 0.4) is 0 Å². The number of nitrogens with two attached hydrogens (primary N) is 1. The number of carbonyl (C=O) groups is 1. The summed E-state index contributed by atoms with van der Waals surface area (Å²) in [6.45, 7) is 5.11. The molecule has 0 aromatic heterocycles. The summed E-state index contributed by atoms with van der Waals surface area (Å²) in [4.78, 5) is 14.6. The topological polar surface area (TPSA) is 55.6 Å². The van der Waals surface area contributed by atoms with Crippen LogP contribution in [0.5, 0.6) is 0 Å². The molecule has 5 heteroatoms. The van der Waals surface area contributed by atoms with Crippen LogP contribution >= 0.6 is 12.4 Å². The highest BCUT2D eigenvalue weighted by atomic mass is 35.5. The molecule has 1 unspecified atom stereocenters. The maximum Gasteiger partial charge on any atom is 0.222 e. The second-order valence-corrected chi connectivity index (χ2v) is 6.33. The van der Waals surface area contributed by atoms with E-state index >= 15 is 0 Å². The van der Waals surface area contributed by atoms with Crippen LogP contribution in [0, 0.1) is 5.92 Å². The Morgan fingerprint density at radius 3 is 2.57 bits per heavy atom. The molecular formula is C18H29ClN2O2. The quantitative estimate of drug-likeness (QED) is 0.830. The molecule has 1 aromatic rings. The van der Waals surface area contributed by atoms with Gasteiger partial charge in [-0.1, -0.05) is 30.3 Å². The molecule has 1 aliphatic rings. The van der Waals surface area contributed by atoms with Crippen LogP contribution in [0.2, 0.25) is 0 Å². The minimum absolute atomic E-state index is 0. The van der Waals surface area contributed by atoms with Gasteiger partial charge < -0.3 is 15.4 Å². The van der Waals surface area contributed by atoms with Crippen molar-refractivity contribution in [2.24, 2.45) is 11.7 Å². The van der Waals surface area contributed by atoms with Crippen molar-refractivity contribution in [2.45, 2.75) is 45.2 Å². The molecule has 1 amide bonds. The predicted molar refractivity (Wildman–Crippen MR) is 95.5 cm³/mol. The fourth-order valence-corrected chi connectivity index (χ4v) is 2.81. The third-order valence-corrected chi connectivity index (χ3v) is 4.20. The smallest absolute Gasteiger partial charge is 0.222 e. The lowest BCUT2D eigenvalue weighted by Crippen LogP contribution is -2.37. The Bertz CT molecular complexity index is 448. The summed E-state index contributed by atoms with van der Waals surface area (Å²) in [6.07, 6.45) is 3.38. The van der Waals surface area contributed by atoms with Crippen molar-refractivity contribution in [3.05, 3.63) is 35.9 Å². The van der Waals surface area contributed by atoms with E-state index < -0.39 is 0 Å². The molecule has 4 nitrogen and oxygen atoms in total. The van der Waals surface area contributed by atoms with Gasteiger partial charge in [-0.2, -0.15) is 0 Å². The molecule has 1 aliphatic heterocycles. The van der Waals surface area contributed by atoms with E-state index in [2.05, 4.69) is 12.1 Å². The van der Waals surface area contributed by atoms with E-state index in [1.165, 1.54) is 5.56 Å². The van der Waals surface area contributed by atoms with Crippen LogP contribution < -0.4 is 5.73 Å². The summed E-state index contributed by atoms with van der Waals surface area (Å²) in [5, 5.41) is 0. The molecular weight excluding hydrogens is 312 g/mol. The highest BCUT2D eigenvalue weighted by molar-refractivity contribution is 5.85. The van der Waals surface area contributed by atoms with Crippen molar-refractivity contribution in [2.75, 3.05) is 19.8 Å². The largest absolute Gasteiger partial charge is 0.381 e. The van der Waals surface area contributed by atoms with Crippen molar-refractivity contribution in [1.29, 1.82) is 0 Å². The van der Waals surface area contributed by atoms with Crippen molar-refractivity contribution < 1.29 is 9.53 Å². The van der Waals surface area contributed by atoms with E-state index in [-0.39, 0.29) is 24.4 Å². The molecule has 2 rings (SSSR count). The first kappa shape index (κ1) is 19.9. The van der Waals surface area contributed by atoms with Crippen LogP contribution in [0.1, 0.15) is 38.2 Å². The second-order valence-electron chi connectivity index (χ2n) is 6.33. The Hall–Kier alpha value is -1.10. The minimum Gasteiger partial charge on any atom is -0.381 e. The van der Waals surface area contributed by atoms with Gasteiger partial charge in [-0.3, -0.25) is 4.79 Å². The number of ether oxygens (including phenoxy) is 1. The first-order valence-corrected chi connectivity index (χ1v) is 8.30. The lowest BCUT2D eigenvalue weighted by Gasteiger charge is -2.30. The van der Waals surface area contributed by atoms with Gasteiger partial charge in [0, 0.05) is 38.8 Å². The number of hydrogen-bond acceptors (Lipinski definition) is 3. The molecule has 0 aliphatic carbocycles. The average molecular weight is 341 g/mol. The predicted octanol–water partition coefficient (Wildman–Crippen LogP) is 2.99. The average Bonchev–Trinajstić information content (AvgIpc) is 2.54. The molecule has 1 fully saturated rings. The SMILES string of the molecule is CC(N)CCC(=O)N(Cc1ccccc1)CC1CCOCC1.Cl. The maximum absolute atomic E-state index is 12.6. The Morgan fingerprint density at radius 1 is 1.30 bits per heavy atom. The zero-order valence-electron chi connectivity index (χ0n) is 13.9. The molecule has 1 atom stereocenters. The summed E-state index contributed by atoms with van der Waals surface area (Å²) < 4.78 is 5.42. The molecule has 1 saturated heterocycles. The van der Waals surface area contributed by atoms with Crippen molar-refractivity contribution >= 4 is 18.3 Å². The third kappa shape index (κ3) is 7.34. The fraction of sp³-hybridized carbons (Fsp3) is 0.611. The van der Waals surface area contributed by atoms with Crippen LogP contribution in [0.4, 0.5) is 0 Å². The van der Waals surface area contributed by atoms with E-state index in [0.29, 0.717) is 18.9 Å². The number of rotatable bonds is 7. The summed E-state index contributed by atoms with van der Waals surface area (Å²) in [6, 6.07) is 10.3. The molecule has 0 radical (unpaired) electrons. The van der Waals surface area contributed by atoms with Gasteiger partial charge in [-0.25, -0.2) is 0 Å². The van der Waals surface area contributed by atoms with Crippen molar-refractivity contribution in [1.82, 2.24) is 4.90 Å². The number of carbonyl (C=O) groups excluding carboxylic acids is 1. The van der Waals surface area contributed by atoms with Gasteiger partial charge in [-0.05, 0) is 37.7 Å². The Labute approximate surface area is 145 Å².